The molecule has 5 nitrogen and oxygen atoms in total. The molecule has 1 saturated heterocycles. The van der Waals surface area contributed by atoms with Gasteiger partial charge in [0.2, 0.25) is 11.8 Å². The smallest absolute Gasteiger partial charge is 0.238 e. The van der Waals surface area contributed by atoms with Gasteiger partial charge in [-0.25, -0.2) is 0 Å². The third-order valence-electron chi connectivity index (χ3n) is 5.66. The van der Waals surface area contributed by atoms with Crippen LogP contribution in [0.1, 0.15) is 43.2 Å². The topological polar surface area (TPSA) is 61.4 Å². The Morgan fingerprint density at radius 2 is 1.80 bits per heavy atom. The minimum atomic E-state index is -0.394. The molecule has 4 rings (SSSR count). The van der Waals surface area contributed by atoms with Gasteiger partial charge in [0.1, 0.15) is 0 Å². The van der Waals surface area contributed by atoms with E-state index in [4.69, 9.17) is 0 Å². The number of nitrogens with zero attached hydrogens (tertiary/aromatic N) is 1. The summed E-state index contributed by atoms with van der Waals surface area (Å²) in [5.41, 5.74) is 3.22. The SMILES string of the molecule is O=C(CC1Sc2ccccc2NC1=O)NCc1cccc(CN2CCCCCC2)c1. The number of hydrogen-bond donors (Lipinski definition) is 2. The summed E-state index contributed by atoms with van der Waals surface area (Å²) in [6.45, 7) is 3.80. The quantitative estimate of drug-likeness (QED) is 0.732. The maximum atomic E-state index is 12.5. The highest BCUT2D eigenvalue weighted by atomic mass is 32.2. The monoisotopic (exact) mass is 423 g/mol. The van der Waals surface area contributed by atoms with Gasteiger partial charge in [0.25, 0.3) is 0 Å². The van der Waals surface area contributed by atoms with Crippen LogP contribution in [0.5, 0.6) is 0 Å². The number of anilines is 1. The molecule has 1 fully saturated rings. The fraction of sp³-hybridized carbons (Fsp3) is 0.417. The van der Waals surface area contributed by atoms with E-state index in [1.165, 1.54) is 56.1 Å². The standard InChI is InChI=1S/C24H29N3O2S/c28-23(15-22-24(29)26-20-10-3-4-11-21(20)30-22)25-16-18-8-7-9-19(14-18)17-27-12-5-1-2-6-13-27/h3-4,7-11,14,22H,1-2,5-6,12-13,15-17H2,(H,25,28)(H,26,29). The van der Waals surface area contributed by atoms with Crippen molar-refractivity contribution in [1.29, 1.82) is 0 Å². The molecule has 0 saturated carbocycles. The van der Waals surface area contributed by atoms with E-state index in [1.54, 1.807) is 0 Å². The lowest BCUT2D eigenvalue weighted by atomic mass is 10.1. The lowest BCUT2D eigenvalue weighted by Gasteiger charge is -2.23. The summed E-state index contributed by atoms with van der Waals surface area (Å²) in [7, 11) is 0. The highest BCUT2D eigenvalue weighted by molar-refractivity contribution is 8.01. The predicted molar refractivity (Wildman–Crippen MR) is 121 cm³/mol. The molecule has 0 aliphatic carbocycles. The van der Waals surface area contributed by atoms with Crippen LogP contribution >= 0.6 is 11.8 Å². The van der Waals surface area contributed by atoms with E-state index in [0.29, 0.717) is 6.54 Å². The van der Waals surface area contributed by atoms with Crippen molar-refractivity contribution in [2.75, 3.05) is 18.4 Å². The highest BCUT2D eigenvalue weighted by Crippen LogP contribution is 2.36. The summed E-state index contributed by atoms with van der Waals surface area (Å²) in [5, 5.41) is 5.49. The number of carbonyl (C=O) groups excluding carboxylic acids is 2. The number of thioether (sulfide) groups is 1. The molecule has 1 unspecified atom stereocenters. The second kappa shape index (κ2) is 10.1. The van der Waals surface area contributed by atoms with Crippen LogP contribution in [0.3, 0.4) is 0 Å². The molecule has 2 aliphatic heterocycles. The van der Waals surface area contributed by atoms with Gasteiger partial charge in [-0.1, -0.05) is 49.2 Å². The molecule has 2 amide bonds. The van der Waals surface area contributed by atoms with Gasteiger partial charge in [0.15, 0.2) is 0 Å². The number of nitrogens with one attached hydrogen (secondary N) is 2. The molecule has 6 heteroatoms. The van der Waals surface area contributed by atoms with E-state index < -0.39 is 5.25 Å². The Hall–Kier alpha value is -2.31. The van der Waals surface area contributed by atoms with Crippen LogP contribution in [-0.4, -0.2) is 35.1 Å². The number of hydrogen-bond acceptors (Lipinski definition) is 4. The molecule has 158 valence electrons. The minimum absolute atomic E-state index is 0.0973. The average Bonchev–Trinajstić information content (AvgIpc) is 3.02. The molecule has 0 spiro atoms. The van der Waals surface area contributed by atoms with Crippen molar-refractivity contribution in [3.8, 4) is 0 Å². The van der Waals surface area contributed by atoms with Gasteiger partial charge >= 0.3 is 0 Å². The zero-order chi connectivity index (χ0) is 20.8. The van der Waals surface area contributed by atoms with E-state index in [-0.39, 0.29) is 18.2 Å². The van der Waals surface area contributed by atoms with Gasteiger partial charge < -0.3 is 10.6 Å². The number of likely N-dealkylation sites (tertiary alicyclic amines) is 1. The fourth-order valence-electron chi connectivity index (χ4n) is 4.06. The zero-order valence-corrected chi connectivity index (χ0v) is 18.0. The van der Waals surface area contributed by atoms with Crippen LogP contribution in [0.4, 0.5) is 5.69 Å². The number of rotatable bonds is 6. The average molecular weight is 424 g/mol. The van der Waals surface area contributed by atoms with Gasteiger partial charge in [-0.3, -0.25) is 14.5 Å². The number of fused-ring (bicyclic) bond motifs is 1. The molecule has 30 heavy (non-hydrogen) atoms. The molecule has 2 N–H and O–H groups in total. The molecule has 1 atom stereocenters. The second-order valence-corrected chi connectivity index (χ2v) is 9.33. The summed E-state index contributed by atoms with van der Waals surface area (Å²) >= 11 is 1.46. The number of carbonyl (C=O) groups is 2. The summed E-state index contributed by atoms with van der Waals surface area (Å²) in [5.74, 6) is -0.201. The molecule has 2 aliphatic rings. The second-order valence-electron chi connectivity index (χ2n) is 8.08. The Morgan fingerprint density at radius 3 is 2.63 bits per heavy atom. The normalized spacial score (nSPS) is 19.5. The Labute approximate surface area is 182 Å². The van der Waals surface area contributed by atoms with E-state index in [2.05, 4.69) is 33.7 Å². The first-order valence-corrected chi connectivity index (χ1v) is 11.7. The third-order valence-corrected chi connectivity index (χ3v) is 6.94. The van der Waals surface area contributed by atoms with E-state index in [0.717, 1.165) is 22.7 Å². The first-order valence-electron chi connectivity index (χ1n) is 10.8. The van der Waals surface area contributed by atoms with Gasteiger partial charge in [0.05, 0.1) is 10.9 Å². The van der Waals surface area contributed by atoms with Crippen molar-refractivity contribution in [2.45, 2.75) is 55.3 Å². The molecule has 0 aromatic heterocycles. The van der Waals surface area contributed by atoms with Crippen molar-refractivity contribution >= 4 is 29.3 Å². The molecular formula is C24H29N3O2S. The fourth-order valence-corrected chi connectivity index (χ4v) is 5.17. The van der Waals surface area contributed by atoms with Crippen LogP contribution in [0.2, 0.25) is 0 Å². The summed E-state index contributed by atoms with van der Waals surface area (Å²) in [4.78, 5) is 28.3. The Morgan fingerprint density at radius 1 is 1.03 bits per heavy atom. The highest BCUT2D eigenvalue weighted by Gasteiger charge is 2.28. The minimum Gasteiger partial charge on any atom is -0.352 e. The van der Waals surface area contributed by atoms with Gasteiger partial charge in [0, 0.05) is 24.4 Å². The molecule has 0 bridgehead atoms. The lowest BCUT2D eigenvalue weighted by Crippen LogP contribution is -2.34. The molecule has 2 aromatic carbocycles. The lowest BCUT2D eigenvalue weighted by molar-refractivity contribution is -0.124. The number of benzene rings is 2. The summed E-state index contributed by atoms with van der Waals surface area (Å²) in [6.07, 6.45) is 5.43. The Bertz CT molecular complexity index is 894. The molecule has 2 aromatic rings. The van der Waals surface area contributed by atoms with Crippen LogP contribution in [0.25, 0.3) is 0 Å². The number of para-hydroxylation sites is 1. The van der Waals surface area contributed by atoms with E-state index in [1.807, 2.05) is 30.3 Å². The van der Waals surface area contributed by atoms with Crippen molar-refractivity contribution in [2.24, 2.45) is 0 Å². The predicted octanol–water partition coefficient (Wildman–Crippen LogP) is 4.18. The van der Waals surface area contributed by atoms with Crippen LogP contribution < -0.4 is 10.6 Å². The van der Waals surface area contributed by atoms with Crippen molar-refractivity contribution in [3.05, 3.63) is 59.7 Å². The number of amides is 2. The maximum Gasteiger partial charge on any atom is 0.238 e. The van der Waals surface area contributed by atoms with Crippen LogP contribution in [0.15, 0.2) is 53.4 Å². The largest absolute Gasteiger partial charge is 0.352 e. The van der Waals surface area contributed by atoms with Crippen molar-refractivity contribution < 1.29 is 9.59 Å². The Balaban J connectivity index is 1.28. The van der Waals surface area contributed by atoms with E-state index in [9.17, 15) is 9.59 Å². The first-order chi connectivity index (χ1) is 14.7. The molecular weight excluding hydrogens is 394 g/mol. The molecule has 2 heterocycles. The van der Waals surface area contributed by atoms with Crippen LogP contribution in [0, 0.1) is 0 Å². The maximum absolute atomic E-state index is 12.5. The summed E-state index contributed by atoms with van der Waals surface area (Å²) < 4.78 is 0. The molecule has 0 radical (unpaired) electrons. The first kappa shape index (κ1) is 20.9. The van der Waals surface area contributed by atoms with Crippen molar-refractivity contribution in [3.63, 3.8) is 0 Å². The van der Waals surface area contributed by atoms with Gasteiger partial charge in [-0.15, -0.1) is 11.8 Å². The van der Waals surface area contributed by atoms with Gasteiger partial charge in [-0.05, 0) is 49.2 Å². The third kappa shape index (κ3) is 5.64. The summed E-state index contributed by atoms with van der Waals surface area (Å²) in [6, 6.07) is 16.2. The van der Waals surface area contributed by atoms with E-state index >= 15 is 0 Å². The zero-order valence-electron chi connectivity index (χ0n) is 17.2. The van der Waals surface area contributed by atoms with Crippen LogP contribution in [-0.2, 0) is 22.7 Å². The van der Waals surface area contributed by atoms with Gasteiger partial charge in [-0.2, -0.15) is 0 Å². The van der Waals surface area contributed by atoms with Crippen molar-refractivity contribution in [1.82, 2.24) is 10.2 Å². The Kier molecular flexibility index (Phi) is 7.07.